The van der Waals surface area contributed by atoms with Crippen molar-refractivity contribution in [3.05, 3.63) is 58.4 Å². The van der Waals surface area contributed by atoms with Gasteiger partial charge in [-0.25, -0.2) is 4.79 Å². The Balaban J connectivity index is 1.96. The number of rotatable bonds is 4. The molecule has 0 fully saturated rings. The molecule has 2 N–H and O–H groups in total. The fourth-order valence-corrected chi connectivity index (χ4v) is 2.15. The normalized spacial score (nSPS) is 10.2. The van der Waals surface area contributed by atoms with Gasteiger partial charge in [-0.05, 0) is 36.2 Å². The Morgan fingerprint density at radius 3 is 2.62 bits per heavy atom. The monoisotopic (exact) mass is 346 g/mol. The van der Waals surface area contributed by atoms with Crippen LogP contribution in [-0.4, -0.2) is 35.9 Å². The summed E-state index contributed by atoms with van der Waals surface area (Å²) in [6.45, 7) is 2.28. The predicted octanol–water partition coefficient (Wildman–Crippen LogP) is 3.07. The lowest BCUT2D eigenvalue weighted by molar-refractivity contribution is 0.0822. The van der Waals surface area contributed by atoms with Crippen LogP contribution in [0.1, 0.15) is 21.6 Å². The highest BCUT2D eigenvalue weighted by atomic mass is 35.5. The smallest absolute Gasteiger partial charge is 0.319 e. The third-order valence-electron chi connectivity index (χ3n) is 3.32. The highest BCUT2D eigenvalue weighted by Gasteiger charge is 2.11. The molecule has 3 amide bonds. The minimum atomic E-state index is -0.364. The van der Waals surface area contributed by atoms with Gasteiger partial charge in [0.2, 0.25) is 0 Å². The lowest BCUT2D eigenvalue weighted by Crippen LogP contribution is -2.28. The second-order valence-corrected chi connectivity index (χ2v) is 5.93. The standard InChI is InChI=1S/C17H19ClN4O2/c1-11-8-12(4-5-14(11)18)10-20-17(24)21-13-6-7-19-15(9-13)16(23)22(2)3/h4-9H,10H2,1-3H3,(H2,19,20,21,24). The van der Waals surface area contributed by atoms with Gasteiger partial charge in [-0.2, -0.15) is 0 Å². The number of pyridine rings is 1. The molecule has 0 aliphatic rings. The molecule has 0 saturated carbocycles. The van der Waals surface area contributed by atoms with Crippen molar-refractivity contribution < 1.29 is 9.59 Å². The number of hydrogen-bond acceptors (Lipinski definition) is 3. The number of nitrogens with one attached hydrogen (secondary N) is 2. The minimum Gasteiger partial charge on any atom is -0.343 e. The van der Waals surface area contributed by atoms with Crippen LogP contribution in [0.5, 0.6) is 0 Å². The second kappa shape index (κ2) is 7.79. The van der Waals surface area contributed by atoms with Crippen molar-refractivity contribution >= 4 is 29.2 Å². The zero-order valence-electron chi connectivity index (χ0n) is 13.8. The van der Waals surface area contributed by atoms with Crippen LogP contribution in [0, 0.1) is 6.92 Å². The lowest BCUT2D eigenvalue weighted by atomic mass is 10.1. The summed E-state index contributed by atoms with van der Waals surface area (Å²) >= 11 is 5.98. The Kier molecular flexibility index (Phi) is 5.76. The Hall–Kier alpha value is -2.60. The number of anilines is 1. The molecule has 0 unspecified atom stereocenters. The third kappa shape index (κ3) is 4.70. The number of nitrogens with zero attached hydrogens (tertiary/aromatic N) is 2. The number of carbonyl (C=O) groups is 2. The van der Waals surface area contributed by atoms with E-state index >= 15 is 0 Å². The quantitative estimate of drug-likeness (QED) is 0.893. The summed E-state index contributed by atoms with van der Waals surface area (Å²) in [5.74, 6) is -0.226. The van der Waals surface area contributed by atoms with Gasteiger partial charge < -0.3 is 15.5 Å². The maximum Gasteiger partial charge on any atom is 0.319 e. The highest BCUT2D eigenvalue weighted by molar-refractivity contribution is 6.31. The average Bonchev–Trinajstić information content (AvgIpc) is 2.55. The number of amides is 3. The molecule has 0 radical (unpaired) electrons. The Bertz CT molecular complexity index is 762. The zero-order chi connectivity index (χ0) is 17.7. The Labute approximate surface area is 145 Å². The lowest BCUT2D eigenvalue weighted by Gasteiger charge is -2.11. The van der Waals surface area contributed by atoms with Gasteiger partial charge in [0.05, 0.1) is 0 Å². The first-order chi connectivity index (χ1) is 11.4. The highest BCUT2D eigenvalue weighted by Crippen LogP contribution is 2.16. The number of halogens is 1. The molecule has 1 heterocycles. The number of benzene rings is 1. The van der Waals surface area contributed by atoms with E-state index in [9.17, 15) is 9.59 Å². The number of carbonyl (C=O) groups excluding carboxylic acids is 2. The second-order valence-electron chi connectivity index (χ2n) is 5.52. The summed E-state index contributed by atoms with van der Waals surface area (Å²) in [7, 11) is 3.29. The van der Waals surface area contributed by atoms with Crippen LogP contribution in [0.25, 0.3) is 0 Å². The van der Waals surface area contributed by atoms with Gasteiger partial charge >= 0.3 is 6.03 Å². The van der Waals surface area contributed by atoms with Gasteiger partial charge in [-0.1, -0.05) is 23.7 Å². The van der Waals surface area contributed by atoms with E-state index in [0.29, 0.717) is 17.3 Å². The van der Waals surface area contributed by atoms with Crippen LogP contribution in [-0.2, 0) is 6.54 Å². The van der Waals surface area contributed by atoms with Crippen LogP contribution in [0.3, 0.4) is 0 Å². The van der Waals surface area contributed by atoms with E-state index in [-0.39, 0.29) is 17.6 Å². The van der Waals surface area contributed by atoms with Gasteiger partial charge in [-0.3, -0.25) is 9.78 Å². The molecule has 126 valence electrons. The number of hydrogen-bond donors (Lipinski definition) is 2. The molecule has 2 aromatic rings. The van der Waals surface area contributed by atoms with Crippen molar-refractivity contribution in [3.63, 3.8) is 0 Å². The van der Waals surface area contributed by atoms with E-state index in [0.717, 1.165) is 11.1 Å². The molecule has 7 heteroatoms. The molecule has 24 heavy (non-hydrogen) atoms. The van der Waals surface area contributed by atoms with E-state index in [1.54, 1.807) is 26.2 Å². The zero-order valence-corrected chi connectivity index (χ0v) is 14.5. The first-order valence-corrected chi connectivity index (χ1v) is 7.72. The third-order valence-corrected chi connectivity index (χ3v) is 3.74. The summed E-state index contributed by atoms with van der Waals surface area (Å²) in [6.07, 6.45) is 1.48. The van der Waals surface area contributed by atoms with Gasteiger partial charge in [0.1, 0.15) is 5.69 Å². The Morgan fingerprint density at radius 1 is 1.21 bits per heavy atom. The molecular weight excluding hydrogens is 328 g/mol. The molecule has 6 nitrogen and oxygen atoms in total. The van der Waals surface area contributed by atoms with E-state index in [1.165, 1.54) is 17.2 Å². The molecular formula is C17H19ClN4O2. The molecule has 0 bridgehead atoms. The molecule has 2 rings (SSSR count). The van der Waals surface area contributed by atoms with Crippen molar-refractivity contribution in [2.24, 2.45) is 0 Å². The van der Waals surface area contributed by atoms with Crippen molar-refractivity contribution in [1.29, 1.82) is 0 Å². The van der Waals surface area contributed by atoms with Crippen molar-refractivity contribution in [1.82, 2.24) is 15.2 Å². The topological polar surface area (TPSA) is 74.3 Å². The van der Waals surface area contributed by atoms with E-state index in [1.807, 2.05) is 19.1 Å². The van der Waals surface area contributed by atoms with Crippen molar-refractivity contribution in [2.75, 3.05) is 19.4 Å². The first-order valence-electron chi connectivity index (χ1n) is 7.34. The molecule has 0 aliphatic carbocycles. The SMILES string of the molecule is Cc1cc(CNC(=O)Nc2ccnc(C(=O)N(C)C)c2)ccc1Cl. The largest absolute Gasteiger partial charge is 0.343 e. The van der Waals surface area contributed by atoms with Crippen molar-refractivity contribution in [2.45, 2.75) is 13.5 Å². The molecule has 0 saturated heterocycles. The van der Waals surface area contributed by atoms with Gasteiger partial charge in [0.25, 0.3) is 5.91 Å². The molecule has 1 aromatic carbocycles. The maximum absolute atomic E-state index is 12.0. The van der Waals surface area contributed by atoms with E-state index in [4.69, 9.17) is 11.6 Å². The van der Waals surface area contributed by atoms with Crippen LogP contribution in [0.4, 0.5) is 10.5 Å². The first kappa shape index (κ1) is 17.7. The summed E-state index contributed by atoms with van der Waals surface area (Å²) in [5, 5.41) is 6.13. The van der Waals surface area contributed by atoms with Crippen LogP contribution < -0.4 is 10.6 Å². The fraction of sp³-hybridized carbons (Fsp3) is 0.235. The Morgan fingerprint density at radius 2 is 1.96 bits per heavy atom. The van der Waals surface area contributed by atoms with Crippen molar-refractivity contribution in [3.8, 4) is 0 Å². The van der Waals surface area contributed by atoms with Crippen LogP contribution in [0.15, 0.2) is 36.5 Å². The summed E-state index contributed by atoms with van der Waals surface area (Å²) < 4.78 is 0. The van der Waals surface area contributed by atoms with Gasteiger partial charge in [0, 0.05) is 37.5 Å². The predicted molar refractivity (Wildman–Crippen MR) is 94.3 cm³/mol. The van der Waals surface area contributed by atoms with Crippen LogP contribution in [0.2, 0.25) is 5.02 Å². The van der Waals surface area contributed by atoms with E-state index < -0.39 is 0 Å². The molecule has 1 aromatic heterocycles. The summed E-state index contributed by atoms with van der Waals surface area (Å²) in [6, 6.07) is 8.37. The number of aromatic nitrogens is 1. The molecule has 0 spiro atoms. The number of urea groups is 1. The van der Waals surface area contributed by atoms with Gasteiger partial charge in [-0.15, -0.1) is 0 Å². The minimum absolute atomic E-state index is 0.226. The van der Waals surface area contributed by atoms with E-state index in [2.05, 4.69) is 15.6 Å². The summed E-state index contributed by atoms with van der Waals surface area (Å²) in [4.78, 5) is 29.3. The maximum atomic E-state index is 12.0. The fourth-order valence-electron chi connectivity index (χ4n) is 2.03. The summed E-state index contributed by atoms with van der Waals surface area (Å²) in [5.41, 5.74) is 2.67. The van der Waals surface area contributed by atoms with Gasteiger partial charge in [0.15, 0.2) is 0 Å². The molecule has 0 aliphatic heterocycles. The number of aryl methyl sites for hydroxylation is 1. The van der Waals surface area contributed by atoms with Crippen LogP contribution >= 0.6 is 11.6 Å². The average molecular weight is 347 g/mol. The molecule has 0 atom stereocenters.